The number of benzene rings is 1. The van der Waals surface area contributed by atoms with Gasteiger partial charge < -0.3 is 9.47 Å². The highest BCUT2D eigenvalue weighted by Gasteiger charge is 2.45. The Balaban J connectivity index is 1.85. The molecule has 0 unspecified atom stereocenters. The predicted molar refractivity (Wildman–Crippen MR) is 84.8 cm³/mol. The molecule has 110 valence electrons. The Hall–Kier alpha value is -2.10. The van der Waals surface area contributed by atoms with E-state index < -0.39 is 0 Å². The van der Waals surface area contributed by atoms with Crippen molar-refractivity contribution in [3.63, 3.8) is 0 Å². The molecule has 21 heavy (non-hydrogen) atoms. The minimum atomic E-state index is -0.00800. The number of nitrogens with zero attached hydrogens (tertiary/aromatic N) is 3. The van der Waals surface area contributed by atoms with Crippen LogP contribution in [0.25, 0.3) is 0 Å². The molecule has 0 bridgehead atoms. The molecule has 2 aromatic rings. The van der Waals surface area contributed by atoms with Gasteiger partial charge in [0.15, 0.2) is 5.82 Å². The normalized spacial score (nSPS) is 15.7. The van der Waals surface area contributed by atoms with E-state index in [0.717, 1.165) is 6.54 Å². The molecule has 1 aromatic heterocycles. The maximum absolute atomic E-state index is 12.3. The average Bonchev–Trinajstić information content (AvgIpc) is 3.29. The van der Waals surface area contributed by atoms with Crippen molar-refractivity contribution in [1.82, 2.24) is 9.55 Å². The largest absolute Gasteiger partial charge is 0.354 e. The molecule has 1 aromatic carbocycles. The minimum Gasteiger partial charge on any atom is -0.354 e. The Bertz CT molecular complexity index is 674. The number of anilines is 1. The van der Waals surface area contributed by atoms with E-state index in [1.165, 1.54) is 18.4 Å². The molecule has 0 aliphatic heterocycles. The van der Waals surface area contributed by atoms with E-state index in [1.54, 1.807) is 17.0 Å². The van der Waals surface area contributed by atoms with Crippen molar-refractivity contribution in [2.75, 3.05) is 18.5 Å². The molecule has 1 fully saturated rings. The highest BCUT2D eigenvalue weighted by molar-refractivity contribution is 5.40. The molecule has 3 rings (SSSR count). The van der Waals surface area contributed by atoms with Crippen LogP contribution in [0.4, 0.5) is 5.82 Å². The summed E-state index contributed by atoms with van der Waals surface area (Å²) in [6.45, 7) is 3.48. The smallest absolute Gasteiger partial charge is 0.293 e. The molecule has 0 spiro atoms. The summed E-state index contributed by atoms with van der Waals surface area (Å²) in [7, 11) is 1.97. The third-order valence-corrected chi connectivity index (χ3v) is 4.38. The standard InChI is InChI=1S/C17H21N3O/c1-3-20-12-11-18-15(16(20)21)19(2)13-17(9-10-17)14-7-5-4-6-8-14/h4-8,11-12H,3,9-10,13H2,1-2H3. The molecule has 4 nitrogen and oxygen atoms in total. The summed E-state index contributed by atoms with van der Waals surface area (Å²) in [6.07, 6.45) is 5.80. The van der Waals surface area contributed by atoms with E-state index in [-0.39, 0.29) is 11.0 Å². The van der Waals surface area contributed by atoms with Crippen LogP contribution in [0.5, 0.6) is 0 Å². The maximum Gasteiger partial charge on any atom is 0.293 e. The van der Waals surface area contributed by atoms with Crippen LogP contribution >= 0.6 is 0 Å². The topological polar surface area (TPSA) is 38.1 Å². The summed E-state index contributed by atoms with van der Waals surface area (Å²) in [6, 6.07) is 10.6. The maximum atomic E-state index is 12.3. The summed E-state index contributed by atoms with van der Waals surface area (Å²) in [5.74, 6) is 0.543. The van der Waals surface area contributed by atoms with Gasteiger partial charge in [-0.2, -0.15) is 0 Å². The van der Waals surface area contributed by atoms with Gasteiger partial charge in [-0.15, -0.1) is 0 Å². The number of hydrogen-bond acceptors (Lipinski definition) is 3. The lowest BCUT2D eigenvalue weighted by Crippen LogP contribution is -2.35. The Morgan fingerprint density at radius 1 is 1.29 bits per heavy atom. The lowest BCUT2D eigenvalue weighted by Gasteiger charge is -2.25. The minimum absolute atomic E-state index is 0.00800. The molecule has 1 heterocycles. The van der Waals surface area contributed by atoms with Gasteiger partial charge >= 0.3 is 0 Å². The predicted octanol–water partition coefficient (Wildman–Crippen LogP) is 2.43. The zero-order valence-electron chi connectivity index (χ0n) is 12.6. The summed E-state index contributed by atoms with van der Waals surface area (Å²) in [5, 5.41) is 0. The molecule has 0 radical (unpaired) electrons. The fourth-order valence-corrected chi connectivity index (χ4v) is 2.96. The van der Waals surface area contributed by atoms with E-state index in [2.05, 4.69) is 29.2 Å². The third kappa shape index (κ3) is 2.58. The number of aromatic nitrogens is 2. The van der Waals surface area contributed by atoms with Gasteiger partial charge in [0, 0.05) is 37.9 Å². The van der Waals surface area contributed by atoms with Gasteiger partial charge in [0.2, 0.25) is 0 Å². The SMILES string of the molecule is CCn1ccnc(N(C)CC2(c3ccccc3)CC2)c1=O. The Morgan fingerprint density at radius 3 is 2.62 bits per heavy atom. The highest BCUT2D eigenvalue weighted by Crippen LogP contribution is 2.48. The van der Waals surface area contributed by atoms with Crippen LogP contribution in [0.3, 0.4) is 0 Å². The summed E-state index contributed by atoms with van der Waals surface area (Å²) in [4.78, 5) is 18.6. The van der Waals surface area contributed by atoms with Crippen molar-refractivity contribution in [2.45, 2.75) is 31.7 Å². The van der Waals surface area contributed by atoms with Crippen molar-refractivity contribution >= 4 is 5.82 Å². The zero-order valence-corrected chi connectivity index (χ0v) is 12.6. The van der Waals surface area contributed by atoms with Gasteiger partial charge in [0.25, 0.3) is 5.56 Å². The average molecular weight is 283 g/mol. The molecular weight excluding hydrogens is 262 g/mol. The number of likely N-dealkylation sites (N-methyl/N-ethyl adjacent to an activating group) is 1. The molecule has 0 saturated heterocycles. The Labute approximate surface area is 125 Å². The number of hydrogen-bond donors (Lipinski definition) is 0. The van der Waals surface area contributed by atoms with Crippen molar-refractivity contribution < 1.29 is 0 Å². The third-order valence-electron chi connectivity index (χ3n) is 4.38. The van der Waals surface area contributed by atoms with Gasteiger partial charge in [-0.3, -0.25) is 4.79 Å². The second kappa shape index (κ2) is 5.35. The van der Waals surface area contributed by atoms with E-state index >= 15 is 0 Å². The molecule has 0 amide bonds. The first-order chi connectivity index (χ1) is 10.2. The lowest BCUT2D eigenvalue weighted by atomic mass is 9.95. The van der Waals surface area contributed by atoms with Crippen molar-refractivity contribution in [2.24, 2.45) is 0 Å². The molecule has 4 heteroatoms. The van der Waals surface area contributed by atoms with Crippen LogP contribution < -0.4 is 10.5 Å². The van der Waals surface area contributed by atoms with Crippen molar-refractivity contribution in [3.05, 3.63) is 58.6 Å². The van der Waals surface area contributed by atoms with Gasteiger partial charge in [-0.05, 0) is 25.3 Å². The summed E-state index contributed by atoms with van der Waals surface area (Å²) in [5.41, 5.74) is 1.55. The van der Waals surface area contributed by atoms with E-state index in [4.69, 9.17) is 0 Å². The van der Waals surface area contributed by atoms with Crippen LogP contribution in [0.2, 0.25) is 0 Å². The van der Waals surface area contributed by atoms with Gasteiger partial charge in [0.1, 0.15) is 0 Å². The molecule has 1 aliphatic rings. The van der Waals surface area contributed by atoms with Crippen LogP contribution in [0.15, 0.2) is 47.5 Å². The van der Waals surface area contributed by atoms with Gasteiger partial charge in [-0.1, -0.05) is 30.3 Å². The van der Waals surface area contributed by atoms with E-state index in [9.17, 15) is 4.79 Å². The molecule has 0 N–H and O–H groups in total. The number of rotatable bonds is 5. The van der Waals surface area contributed by atoms with E-state index in [1.807, 2.05) is 24.9 Å². The zero-order chi connectivity index (χ0) is 14.9. The van der Waals surface area contributed by atoms with Gasteiger partial charge in [0.05, 0.1) is 0 Å². The summed E-state index contributed by atoms with van der Waals surface area (Å²) >= 11 is 0. The first kappa shape index (κ1) is 13.9. The first-order valence-electron chi connectivity index (χ1n) is 7.48. The quantitative estimate of drug-likeness (QED) is 0.846. The summed E-state index contributed by atoms with van der Waals surface area (Å²) < 4.78 is 1.70. The Kier molecular flexibility index (Phi) is 3.53. The van der Waals surface area contributed by atoms with E-state index in [0.29, 0.717) is 12.4 Å². The fraction of sp³-hybridized carbons (Fsp3) is 0.412. The van der Waals surface area contributed by atoms with Gasteiger partial charge in [-0.25, -0.2) is 4.98 Å². The van der Waals surface area contributed by atoms with Crippen LogP contribution in [-0.4, -0.2) is 23.1 Å². The van der Waals surface area contributed by atoms with Crippen molar-refractivity contribution in [3.8, 4) is 0 Å². The van der Waals surface area contributed by atoms with Crippen LogP contribution in [0.1, 0.15) is 25.3 Å². The second-order valence-corrected chi connectivity index (χ2v) is 5.84. The van der Waals surface area contributed by atoms with Crippen LogP contribution in [0, 0.1) is 0 Å². The Morgan fingerprint density at radius 2 is 2.00 bits per heavy atom. The lowest BCUT2D eigenvalue weighted by molar-refractivity contribution is 0.653. The van der Waals surface area contributed by atoms with Crippen LogP contribution in [-0.2, 0) is 12.0 Å². The monoisotopic (exact) mass is 283 g/mol. The second-order valence-electron chi connectivity index (χ2n) is 5.84. The highest BCUT2D eigenvalue weighted by atomic mass is 16.1. The molecular formula is C17H21N3O. The first-order valence-corrected chi connectivity index (χ1v) is 7.48. The molecule has 0 atom stereocenters. The molecule has 1 saturated carbocycles. The fourth-order valence-electron chi connectivity index (χ4n) is 2.96. The van der Waals surface area contributed by atoms with Crippen molar-refractivity contribution in [1.29, 1.82) is 0 Å². The molecule has 1 aliphatic carbocycles. The number of aryl methyl sites for hydroxylation is 1.